The Balaban J connectivity index is 3.34. The molecule has 0 radical (unpaired) electrons. The van der Waals surface area contributed by atoms with Crippen LogP contribution in [-0.4, -0.2) is 10.2 Å². The first-order valence-corrected chi connectivity index (χ1v) is 2.52. The summed E-state index contributed by atoms with van der Waals surface area (Å²) >= 11 is 0. The Hall–Kier alpha value is -1.32. The number of aromatic amines is 1. The minimum atomic E-state index is -0.221. The van der Waals surface area contributed by atoms with E-state index >= 15 is 0 Å². The maximum absolute atomic E-state index is 10.5. The average Bonchev–Trinajstić information content (AvgIpc) is 1.80. The van der Waals surface area contributed by atoms with Gasteiger partial charge < -0.3 is 5.73 Å². The molecule has 1 aromatic heterocycles. The zero-order valence-electron chi connectivity index (χ0n) is 5.01. The fraction of sp³-hybridized carbons (Fsp3) is 0.200. The quantitative estimate of drug-likeness (QED) is 0.498. The number of nitrogen functional groups attached to an aromatic ring is 1. The lowest BCUT2D eigenvalue weighted by Crippen LogP contribution is -2.09. The molecule has 48 valence electrons. The van der Waals surface area contributed by atoms with Crippen LogP contribution >= 0.6 is 0 Å². The van der Waals surface area contributed by atoms with Crippen molar-refractivity contribution in [3.05, 3.63) is 22.0 Å². The molecule has 0 bridgehead atoms. The minimum Gasteiger partial charge on any atom is -0.382 e. The van der Waals surface area contributed by atoms with E-state index in [1.807, 2.05) is 0 Å². The van der Waals surface area contributed by atoms with Crippen LogP contribution in [0.4, 0.5) is 5.82 Å². The van der Waals surface area contributed by atoms with Crippen LogP contribution in [0.25, 0.3) is 0 Å². The van der Waals surface area contributed by atoms with E-state index in [1.165, 1.54) is 6.07 Å². The van der Waals surface area contributed by atoms with Crippen LogP contribution in [0, 0.1) is 6.92 Å². The highest BCUT2D eigenvalue weighted by Crippen LogP contribution is 1.97. The third-order valence-corrected chi connectivity index (χ3v) is 1.04. The zero-order valence-corrected chi connectivity index (χ0v) is 5.01. The monoisotopic (exact) mass is 125 g/mol. The number of H-pyrrole nitrogens is 1. The van der Waals surface area contributed by atoms with Crippen LogP contribution in [0.2, 0.25) is 0 Å². The van der Waals surface area contributed by atoms with Gasteiger partial charge in [0.2, 0.25) is 0 Å². The fourth-order valence-electron chi connectivity index (χ4n) is 0.506. The first-order chi connectivity index (χ1) is 4.20. The van der Waals surface area contributed by atoms with E-state index in [2.05, 4.69) is 10.2 Å². The van der Waals surface area contributed by atoms with Crippen molar-refractivity contribution in [3.8, 4) is 0 Å². The summed E-state index contributed by atoms with van der Waals surface area (Å²) in [5.74, 6) is 0.370. The number of aromatic nitrogens is 2. The van der Waals surface area contributed by atoms with Crippen molar-refractivity contribution < 1.29 is 0 Å². The first-order valence-electron chi connectivity index (χ1n) is 2.52. The molecule has 0 aliphatic heterocycles. The lowest BCUT2D eigenvalue weighted by atomic mass is 10.3. The van der Waals surface area contributed by atoms with Gasteiger partial charge in [-0.05, 0) is 12.5 Å². The van der Waals surface area contributed by atoms with Gasteiger partial charge in [-0.15, -0.1) is 0 Å². The van der Waals surface area contributed by atoms with Gasteiger partial charge in [-0.3, -0.25) is 4.79 Å². The first kappa shape index (κ1) is 5.81. The largest absolute Gasteiger partial charge is 0.382 e. The summed E-state index contributed by atoms with van der Waals surface area (Å²) in [6.45, 7) is 1.73. The maximum Gasteiger partial charge on any atom is 0.264 e. The minimum absolute atomic E-state index is 0.221. The fourth-order valence-corrected chi connectivity index (χ4v) is 0.506. The number of nitrogens with zero attached hydrogens (tertiary/aromatic N) is 1. The van der Waals surface area contributed by atoms with Gasteiger partial charge in [-0.2, -0.15) is 5.10 Å². The van der Waals surface area contributed by atoms with Crippen molar-refractivity contribution in [2.24, 2.45) is 0 Å². The van der Waals surface area contributed by atoms with Crippen molar-refractivity contribution in [2.45, 2.75) is 6.92 Å². The predicted molar refractivity (Wildman–Crippen MR) is 34.0 cm³/mol. The van der Waals surface area contributed by atoms with Crippen LogP contribution in [0.5, 0.6) is 0 Å². The molecule has 0 atom stereocenters. The molecule has 0 saturated heterocycles. The SMILES string of the molecule is Cc1cc(=O)[nH]nc1N. The Labute approximate surface area is 51.7 Å². The Morgan fingerprint density at radius 3 is 2.89 bits per heavy atom. The van der Waals surface area contributed by atoms with Gasteiger partial charge >= 0.3 is 0 Å². The molecule has 0 amide bonds. The van der Waals surface area contributed by atoms with Gasteiger partial charge in [0.25, 0.3) is 5.56 Å². The van der Waals surface area contributed by atoms with E-state index in [-0.39, 0.29) is 5.56 Å². The van der Waals surface area contributed by atoms with Gasteiger partial charge in [-0.1, -0.05) is 0 Å². The number of hydrogen-bond acceptors (Lipinski definition) is 3. The van der Waals surface area contributed by atoms with Crippen molar-refractivity contribution >= 4 is 5.82 Å². The molecule has 3 N–H and O–H groups in total. The molecule has 0 aliphatic rings. The molecule has 4 heteroatoms. The number of aryl methyl sites for hydroxylation is 1. The average molecular weight is 125 g/mol. The van der Waals surface area contributed by atoms with Crippen LogP contribution in [0.15, 0.2) is 10.9 Å². The number of nitrogens with two attached hydrogens (primary N) is 1. The van der Waals surface area contributed by atoms with Crippen molar-refractivity contribution in [2.75, 3.05) is 5.73 Å². The van der Waals surface area contributed by atoms with Gasteiger partial charge in [0.1, 0.15) is 5.82 Å². The Bertz CT molecular complexity index is 265. The number of nitrogens with one attached hydrogen (secondary N) is 1. The predicted octanol–water partition coefficient (Wildman–Crippen LogP) is -0.339. The topological polar surface area (TPSA) is 71.8 Å². The van der Waals surface area contributed by atoms with E-state index in [1.54, 1.807) is 6.92 Å². The molecule has 0 aromatic carbocycles. The Morgan fingerprint density at radius 2 is 2.44 bits per heavy atom. The Morgan fingerprint density at radius 1 is 1.78 bits per heavy atom. The summed E-state index contributed by atoms with van der Waals surface area (Å²) in [6.07, 6.45) is 0. The highest BCUT2D eigenvalue weighted by molar-refractivity contribution is 5.34. The zero-order chi connectivity index (χ0) is 6.85. The van der Waals surface area contributed by atoms with Gasteiger partial charge in [0.15, 0.2) is 0 Å². The standard InChI is InChI=1S/C5H7N3O/c1-3-2-4(9)7-8-5(3)6/h2H,1H3,(H2,6,8)(H,7,9). The summed E-state index contributed by atoms with van der Waals surface area (Å²) in [7, 11) is 0. The number of rotatable bonds is 0. The summed E-state index contributed by atoms with van der Waals surface area (Å²) in [6, 6.07) is 1.41. The summed E-state index contributed by atoms with van der Waals surface area (Å²) in [5, 5.41) is 5.73. The van der Waals surface area contributed by atoms with Crippen molar-refractivity contribution in [1.29, 1.82) is 0 Å². The molecular formula is C5H7N3O. The van der Waals surface area contributed by atoms with Crippen LogP contribution < -0.4 is 11.3 Å². The van der Waals surface area contributed by atoms with E-state index in [0.717, 1.165) is 0 Å². The van der Waals surface area contributed by atoms with Gasteiger partial charge in [-0.25, -0.2) is 5.10 Å². The lowest BCUT2D eigenvalue weighted by Gasteiger charge is -1.92. The third-order valence-electron chi connectivity index (χ3n) is 1.04. The smallest absolute Gasteiger partial charge is 0.264 e. The molecule has 1 aromatic rings. The number of anilines is 1. The van der Waals surface area contributed by atoms with Crippen LogP contribution in [0.3, 0.4) is 0 Å². The molecule has 1 heterocycles. The van der Waals surface area contributed by atoms with Crippen molar-refractivity contribution in [3.63, 3.8) is 0 Å². The van der Waals surface area contributed by atoms with Crippen molar-refractivity contribution in [1.82, 2.24) is 10.2 Å². The second-order valence-corrected chi connectivity index (χ2v) is 1.80. The molecule has 9 heavy (non-hydrogen) atoms. The van der Waals surface area contributed by atoms with E-state index < -0.39 is 0 Å². The van der Waals surface area contributed by atoms with E-state index in [9.17, 15) is 4.79 Å². The van der Waals surface area contributed by atoms with Gasteiger partial charge in [0.05, 0.1) is 0 Å². The maximum atomic E-state index is 10.5. The van der Waals surface area contributed by atoms with Crippen LogP contribution in [0.1, 0.15) is 5.56 Å². The third kappa shape index (κ3) is 1.07. The normalized spacial score (nSPS) is 9.44. The second-order valence-electron chi connectivity index (χ2n) is 1.80. The van der Waals surface area contributed by atoms with E-state index in [4.69, 9.17) is 5.73 Å². The molecular weight excluding hydrogens is 118 g/mol. The van der Waals surface area contributed by atoms with E-state index in [0.29, 0.717) is 11.4 Å². The molecule has 0 spiro atoms. The molecule has 0 saturated carbocycles. The molecule has 0 fully saturated rings. The molecule has 4 nitrogen and oxygen atoms in total. The van der Waals surface area contributed by atoms with Crippen LogP contribution in [-0.2, 0) is 0 Å². The number of hydrogen-bond donors (Lipinski definition) is 2. The summed E-state index contributed by atoms with van der Waals surface area (Å²) < 4.78 is 0. The summed E-state index contributed by atoms with van der Waals surface area (Å²) in [5.41, 5.74) is 5.79. The molecule has 1 rings (SSSR count). The highest BCUT2D eigenvalue weighted by atomic mass is 16.1. The van der Waals surface area contributed by atoms with Gasteiger partial charge in [0, 0.05) is 6.07 Å². The lowest BCUT2D eigenvalue weighted by molar-refractivity contribution is 0.985. The Kier molecular flexibility index (Phi) is 1.22. The molecule has 0 unspecified atom stereocenters. The molecule has 0 aliphatic carbocycles. The second kappa shape index (κ2) is 1.89. The highest BCUT2D eigenvalue weighted by Gasteiger charge is 1.91. The summed E-state index contributed by atoms with van der Waals surface area (Å²) in [4.78, 5) is 10.5.